The summed E-state index contributed by atoms with van der Waals surface area (Å²) >= 11 is 0. The van der Waals surface area contributed by atoms with E-state index in [0.717, 1.165) is 9.84 Å². The van der Waals surface area contributed by atoms with Gasteiger partial charge in [-0.25, -0.2) is 0 Å². The minimum Gasteiger partial charge on any atom is -0.336 e. The van der Waals surface area contributed by atoms with Crippen LogP contribution < -0.4 is 4.65 Å². The van der Waals surface area contributed by atoms with E-state index < -0.39 is 16.8 Å². The number of nitrogens with one attached hydrogen (secondary N) is 1. The molecule has 70 valence electrons. The Morgan fingerprint density at radius 1 is 1.08 bits per heavy atom. The molecule has 1 rings (SSSR count). The fourth-order valence-electron chi connectivity index (χ4n) is 1.35. The van der Waals surface area contributed by atoms with Crippen molar-refractivity contribution in [3.63, 3.8) is 0 Å². The van der Waals surface area contributed by atoms with Gasteiger partial charge in [0.1, 0.15) is 0 Å². The molecule has 1 aliphatic heterocycles. The Morgan fingerprint density at radius 2 is 1.58 bits per heavy atom. The third kappa shape index (κ3) is 1.59. The van der Waals surface area contributed by atoms with Gasteiger partial charge in [0.15, 0.2) is 16.8 Å². The summed E-state index contributed by atoms with van der Waals surface area (Å²) in [6.45, 7) is 9.63. The molecule has 6 heteroatoms. The van der Waals surface area contributed by atoms with Crippen LogP contribution in [-0.2, 0) is 0 Å². The van der Waals surface area contributed by atoms with Crippen LogP contribution in [0.2, 0.25) is 26.2 Å². The van der Waals surface area contributed by atoms with Gasteiger partial charge < -0.3 is 13.1 Å². The lowest BCUT2D eigenvalue weighted by Gasteiger charge is -2.53. The zero-order chi connectivity index (χ0) is 9.57. The van der Waals surface area contributed by atoms with Gasteiger partial charge in [0.05, 0.1) is 0 Å². The van der Waals surface area contributed by atoms with Gasteiger partial charge in [-0.15, -0.1) is 0 Å². The van der Waals surface area contributed by atoms with Crippen molar-refractivity contribution < 1.29 is 0 Å². The van der Waals surface area contributed by atoms with Crippen molar-refractivity contribution in [2.24, 2.45) is 0 Å². The first-order chi connectivity index (χ1) is 5.28. The van der Waals surface area contributed by atoms with Gasteiger partial charge >= 0.3 is 0 Å². The summed E-state index contributed by atoms with van der Waals surface area (Å²) in [6.07, 6.45) is 0. The van der Waals surface area contributed by atoms with Crippen molar-refractivity contribution in [3.05, 3.63) is 0 Å². The Balaban J connectivity index is 2.86. The number of nitrogens with zero attached hydrogens (tertiary/aromatic N) is 2. The van der Waals surface area contributed by atoms with Crippen LogP contribution in [0, 0.1) is 0 Å². The average Bonchev–Trinajstić information content (AvgIpc) is 1.96. The van der Waals surface area contributed by atoms with Gasteiger partial charge in [0, 0.05) is 0 Å². The lowest BCUT2D eigenvalue weighted by Crippen LogP contribution is -2.79. The smallest absolute Gasteiger partial charge is 0.234 e. The molecule has 2 radical (unpaired) electrons. The molecule has 1 aliphatic rings. The summed E-state index contributed by atoms with van der Waals surface area (Å²) in [5.74, 6) is 0. The molecule has 12 heavy (non-hydrogen) atoms. The molecule has 0 spiro atoms. The molecule has 1 heterocycles. The van der Waals surface area contributed by atoms with Gasteiger partial charge in [-0.2, -0.15) is 0 Å². The first-order valence-electron chi connectivity index (χ1n) is 4.29. The van der Waals surface area contributed by atoms with E-state index in [2.05, 4.69) is 53.4 Å². The Labute approximate surface area is 80.4 Å². The molecule has 0 aromatic carbocycles. The van der Waals surface area contributed by atoms with Crippen LogP contribution in [0.5, 0.6) is 0 Å². The van der Waals surface area contributed by atoms with Crippen LogP contribution in [0.15, 0.2) is 0 Å². The first-order valence-corrected chi connectivity index (χ1v) is 11.1. The minimum absolute atomic E-state index is 0.829. The Kier molecular flexibility index (Phi) is 2.68. The van der Waals surface area contributed by atoms with Gasteiger partial charge in [0.25, 0.3) is 0 Å². The second kappa shape index (κ2) is 3.03. The second-order valence-corrected chi connectivity index (χ2v) is 15.3. The molecule has 0 amide bonds. The second-order valence-electron chi connectivity index (χ2n) is 4.41. The Hall–Kier alpha value is 0.531. The minimum atomic E-state index is -1.26. The zero-order valence-corrected chi connectivity index (χ0v) is 11.9. The van der Waals surface area contributed by atoms with E-state index in [1.54, 1.807) is 0 Å². The van der Waals surface area contributed by atoms with Gasteiger partial charge in [-0.3, -0.25) is 0 Å². The van der Waals surface area contributed by atoms with Crippen LogP contribution in [-0.4, -0.2) is 49.2 Å². The maximum absolute atomic E-state index is 3.67. The maximum atomic E-state index is 3.67. The molecule has 0 atom stereocenters. The quantitative estimate of drug-likeness (QED) is 0.592. The van der Waals surface area contributed by atoms with Gasteiger partial charge in [-0.05, 0) is 40.3 Å². The van der Waals surface area contributed by atoms with Crippen LogP contribution >= 0.6 is 0 Å². The van der Waals surface area contributed by atoms with Gasteiger partial charge in [0.2, 0.25) is 9.84 Å². The van der Waals surface area contributed by atoms with Crippen molar-refractivity contribution in [2.75, 3.05) is 14.1 Å². The molecular formula is C6H19N3Si3. The maximum Gasteiger partial charge on any atom is 0.234 e. The van der Waals surface area contributed by atoms with Crippen molar-refractivity contribution in [1.29, 1.82) is 0 Å². The number of rotatable bonds is 0. The Morgan fingerprint density at radius 3 is 2.00 bits per heavy atom. The molecule has 0 aromatic rings. The van der Waals surface area contributed by atoms with E-state index in [0.29, 0.717) is 0 Å². The molecule has 1 N–H and O–H groups in total. The molecular weight excluding hydrogens is 198 g/mol. The van der Waals surface area contributed by atoms with Crippen molar-refractivity contribution in [1.82, 2.24) is 13.1 Å². The number of hydrogen-bond acceptors (Lipinski definition) is 3. The summed E-state index contributed by atoms with van der Waals surface area (Å²) < 4.78 is 8.81. The molecule has 0 bridgehead atoms. The third-order valence-corrected chi connectivity index (χ3v) is 16.5. The first kappa shape index (κ1) is 10.6. The van der Waals surface area contributed by atoms with Crippen molar-refractivity contribution >= 4 is 26.6 Å². The fraction of sp³-hybridized carbons (Fsp3) is 1.00. The average molecular weight is 217 g/mol. The summed E-state index contributed by atoms with van der Waals surface area (Å²) in [5, 5.41) is 0. The monoisotopic (exact) mass is 217 g/mol. The molecule has 0 unspecified atom stereocenters. The molecule has 1 saturated heterocycles. The summed E-state index contributed by atoms with van der Waals surface area (Å²) in [6, 6.07) is 0. The van der Waals surface area contributed by atoms with Gasteiger partial charge in [-0.1, -0.05) is 0 Å². The van der Waals surface area contributed by atoms with Crippen LogP contribution in [0.25, 0.3) is 0 Å². The third-order valence-electron chi connectivity index (χ3n) is 3.01. The highest BCUT2D eigenvalue weighted by Crippen LogP contribution is 2.20. The van der Waals surface area contributed by atoms with E-state index >= 15 is 0 Å². The lowest BCUT2D eigenvalue weighted by molar-refractivity contribution is 0.600. The van der Waals surface area contributed by atoms with E-state index in [9.17, 15) is 0 Å². The summed E-state index contributed by atoms with van der Waals surface area (Å²) in [4.78, 5) is 0. The van der Waals surface area contributed by atoms with E-state index in [1.807, 2.05) is 0 Å². The van der Waals surface area contributed by atoms with Crippen LogP contribution in [0.3, 0.4) is 0 Å². The van der Waals surface area contributed by atoms with E-state index in [4.69, 9.17) is 0 Å². The molecule has 0 aromatic heterocycles. The SMILES string of the molecule is CN1[Si]N[Si](C)(C)N(C)[Si]1(C)C. The highest BCUT2D eigenvalue weighted by molar-refractivity contribution is 6.96. The van der Waals surface area contributed by atoms with Crippen LogP contribution in [0.4, 0.5) is 0 Å². The molecule has 0 aliphatic carbocycles. The normalized spacial score (nSPS) is 30.5. The van der Waals surface area contributed by atoms with Crippen molar-refractivity contribution in [2.45, 2.75) is 26.2 Å². The van der Waals surface area contributed by atoms with E-state index in [1.165, 1.54) is 0 Å². The molecule has 0 saturated carbocycles. The predicted octanol–water partition coefficient (Wildman–Crippen LogP) is 0.391. The number of hydrogen-bond donors (Lipinski definition) is 1. The van der Waals surface area contributed by atoms with E-state index in [-0.39, 0.29) is 0 Å². The zero-order valence-electron chi connectivity index (χ0n) is 8.89. The largest absolute Gasteiger partial charge is 0.336 e. The summed E-state index contributed by atoms with van der Waals surface area (Å²) in [5.41, 5.74) is 0. The highest BCUT2D eigenvalue weighted by Gasteiger charge is 2.45. The molecule has 1 fully saturated rings. The Bertz CT molecular complexity index is 183. The fourth-order valence-corrected chi connectivity index (χ4v) is 13.0. The topological polar surface area (TPSA) is 18.5 Å². The summed E-state index contributed by atoms with van der Waals surface area (Å²) in [7, 11) is 2.84. The predicted molar refractivity (Wildman–Crippen MR) is 59.4 cm³/mol. The lowest BCUT2D eigenvalue weighted by atomic mass is 11.6. The van der Waals surface area contributed by atoms with Crippen molar-refractivity contribution in [3.8, 4) is 0 Å². The van der Waals surface area contributed by atoms with Crippen LogP contribution in [0.1, 0.15) is 0 Å². The molecule has 3 nitrogen and oxygen atoms in total. The standard InChI is InChI=1S/C6H19N3Si3/c1-8-10-7-11(3,4)9(2)12(8,5)6/h7H,1-6H3. The highest BCUT2D eigenvalue weighted by atomic mass is 28.5.